The monoisotopic (exact) mass is 481 g/mol. The van der Waals surface area contributed by atoms with Gasteiger partial charge < -0.3 is 9.84 Å². The molecule has 4 nitrogen and oxygen atoms in total. The Labute approximate surface area is 202 Å². The van der Waals surface area contributed by atoms with Crippen molar-refractivity contribution in [3.05, 3.63) is 78.4 Å². The number of ether oxygens (including phenoxy) is 1. The van der Waals surface area contributed by atoms with Crippen LogP contribution in [0, 0.1) is 5.92 Å². The Morgan fingerprint density at radius 1 is 0.914 bits per heavy atom. The summed E-state index contributed by atoms with van der Waals surface area (Å²) in [4.78, 5) is 11.5. The average molecular weight is 482 g/mol. The standard InChI is InChI=1S/C26H25NO.C2HF3O2/c1-3-7-19(8-4-1)21-15-22-17-26(18-27-13-11-23(26)12-14-27)28-25(22)24(16-21)20-9-5-2-6-10-20;3-2(4,5)1(6)7/h1-10,15-16,23H,11-14,17-18H2;(H,6,7). The topological polar surface area (TPSA) is 49.8 Å². The second-order valence-electron chi connectivity index (χ2n) is 9.44. The highest BCUT2D eigenvalue weighted by Crippen LogP contribution is 2.51. The predicted molar refractivity (Wildman–Crippen MR) is 127 cm³/mol. The van der Waals surface area contributed by atoms with Crippen molar-refractivity contribution in [2.75, 3.05) is 19.6 Å². The summed E-state index contributed by atoms with van der Waals surface area (Å²) >= 11 is 0. The molecular weight excluding hydrogens is 455 g/mol. The lowest BCUT2D eigenvalue weighted by molar-refractivity contribution is -0.192. The van der Waals surface area contributed by atoms with E-state index in [1.807, 2.05) is 0 Å². The summed E-state index contributed by atoms with van der Waals surface area (Å²) in [7, 11) is 0. The first-order valence-electron chi connectivity index (χ1n) is 11.7. The zero-order chi connectivity index (χ0) is 24.6. The third kappa shape index (κ3) is 4.65. The number of carboxylic acids is 1. The molecule has 3 aromatic carbocycles. The maximum absolute atomic E-state index is 10.6. The largest absolute Gasteiger partial charge is 0.490 e. The highest BCUT2D eigenvalue weighted by atomic mass is 19.4. The average Bonchev–Trinajstić information content (AvgIpc) is 3.22. The summed E-state index contributed by atoms with van der Waals surface area (Å²) in [5.74, 6) is -0.944. The van der Waals surface area contributed by atoms with Crippen LogP contribution in [-0.4, -0.2) is 47.4 Å². The number of aliphatic carboxylic acids is 1. The van der Waals surface area contributed by atoms with E-state index in [0.29, 0.717) is 5.92 Å². The minimum absolute atomic E-state index is 0.0162. The molecule has 35 heavy (non-hydrogen) atoms. The first-order chi connectivity index (χ1) is 16.7. The highest BCUT2D eigenvalue weighted by Gasteiger charge is 2.52. The minimum atomic E-state index is -5.08. The molecule has 0 amide bonds. The van der Waals surface area contributed by atoms with Crippen LogP contribution in [0.3, 0.4) is 0 Å². The second-order valence-corrected chi connectivity index (χ2v) is 9.44. The van der Waals surface area contributed by atoms with Gasteiger partial charge in [-0.05, 0) is 60.3 Å². The number of halogens is 3. The zero-order valence-electron chi connectivity index (χ0n) is 19.1. The lowest BCUT2D eigenvalue weighted by Gasteiger charge is -2.50. The normalized spacial score (nSPS) is 24.3. The van der Waals surface area contributed by atoms with E-state index >= 15 is 0 Å². The van der Waals surface area contributed by atoms with Gasteiger partial charge in [-0.25, -0.2) is 4.79 Å². The molecule has 7 heteroatoms. The van der Waals surface area contributed by atoms with Crippen LogP contribution in [0.1, 0.15) is 18.4 Å². The number of benzene rings is 3. The number of piperidine rings is 3. The molecule has 3 saturated heterocycles. The molecule has 0 aliphatic carbocycles. The van der Waals surface area contributed by atoms with Crippen molar-refractivity contribution >= 4 is 5.97 Å². The zero-order valence-corrected chi connectivity index (χ0v) is 19.1. The molecule has 1 spiro atoms. The second kappa shape index (κ2) is 9.04. The Morgan fingerprint density at radius 3 is 2.00 bits per heavy atom. The Hall–Kier alpha value is -3.32. The molecule has 0 radical (unpaired) electrons. The van der Waals surface area contributed by atoms with Gasteiger partial charge in [0.1, 0.15) is 11.4 Å². The lowest BCUT2D eigenvalue weighted by Crippen LogP contribution is -2.61. The van der Waals surface area contributed by atoms with Gasteiger partial charge in [0.25, 0.3) is 0 Å². The third-order valence-electron chi connectivity index (χ3n) is 7.22. The minimum Gasteiger partial charge on any atom is -0.484 e. The quantitative estimate of drug-likeness (QED) is 0.484. The number of carboxylic acid groups (broad SMARTS) is 1. The third-order valence-corrected chi connectivity index (χ3v) is 7.22. The summed E-state index contributed by atoms with van der Waals surface area (Å²) in [5, 5.41) is 7.12. The van der Waals surface area contributed by atoms with Crippen LogP contribution < -0.4 is 4.74 Å². The number of alkyl halides is 3. The van der Waals surface area contributed by atoms with Crippen molar-refractivity contribution in [2.45, 2.75) is 31.0 Å². The van der Waals surface area contributed by atoms with Gasteiger partial charge in [0.2, 0.25) is 0 Å². The van der Waals surface area contributed by atoms with E-state index in [0.717, 1.165) is 18.7 Å². The lowest BCUT2D eigenvalue weighted by atomic mass is 9.73. The molecule has 3 fully saturated rings. The number of carbonyl (C=O) groups is 1. The van der Waals surface area contributed by atoms with Gasteiger partial charge in [-0.3, -0.25) is 4.90 Å². The van der Waals surface area contributed by atoms with Crippen LogP contribution >= 0.6 is 0 Å². The number of rotatable bonds is 2. The number of fused-ring (bicyclic) bond motifs is 3. The van der Waals surface area contributed by atoms with Crippen LogP contribution in [-0.2, 0) is 11.2 Å². The summed E-state index contributed by atoms with van der Waals surface area (Å²) in [6.45, 7) is 3.57. The van der Waals surface area contributed by atoms with E-state index in [1.54, 1.807) is 0 Å². The summed E-state index contributed by atoms with van der Waals surface area (Å²) in [6, 6.07) is 26.2. The summed E-state index contributed by atoms with van der Waals surface area (Å²) in [5.41, 5.74) is 6.42. The Kier molecular flexibility index (Phi) is 6.05. The van der Waals surface area contributed by atoms with Crippen LogP contribution in [0.2, 0.25) is 0 Å². The Bertz CT molecular complexity index is 1210. The van der Waals surface area contributed by atoms with Crippen molar-refractivity contribution in [1.82, 2.24) is 4.90 Å². The van der Waals surface area contributed by atoms with Crippen LogP contribution in [0.25, 0.3) is 22.3 Å². The molecule has 4 heterocycles. The van der Waals surface area contributed by atoms with Gasteiger partial charge in [0, 0.05) is 24.4 Å². The fraction of sp³-hybridized carbons (Fsp3) is 0.321. The van der Waals surface area contributed by atoms with Gasteiger partial charge in [0.05, 0.1) is 0 Å². The van der Waals surface area contributed by atoms with E-state index in [4.69, 9.17) is 14.6 Å². The molecule has 4 aliphatic rings. The number of hydrogen-bond donors (Lipinski definition) is 1. The van der Waals surface area contributed by atoms with Crippen molar-refractivity contribution in [2.24, 2.45) is 5.92 Å². The van der Waals surface area contributed by atoms with E-state index < -0.39 is 12.1 Å². The van der Waals surface area contributed by atoms with E-state index in [-0.39, 0.29) is 5.60 Å². The van der Waals surface area contributed by atoms with Crippen molar-refractivity contribution < 1.29 is 27.8 Å². The SMILES string of the molecule is O=C(O)C(F)(F)F.c1ccc(-c2cc3c(c(-c4ccccc4)c2)OC2(C3)CN3CCC2CC3)cc1. The van der Waals surface area contributed by atoms with Crippen molar-refractivity contribution in [3.63, 3.8) is 0 Å². The molecule has 182 valence electrons. The maximum atomic E-state index is 10.6. The first kappa shape index (κ1) is 23.4. The number of nitrogens with zero attached hydrogens (tertiary/aromatic N) is 1. The maximum Gasteiger partial charge on any atom is 0.490 e. The van der Waals surface area contributed by atoms with Gasteiger partial charge >= 0.3 is 12.1 Å². The van der Waals surface area contributed by atoms with Gasteiger partial charge in [-0.2, -0.15) is 13.2 Å². The molecule has 4 aliphatic heterocycles. The van der Waals surface area contributed by atoms with Gasteiger partial charge in [-0.1, -0.05) is 60.7 Å². The van der Waals surface area contributed by atoms with E-state index in [1.165, 1.54) is 53.7 Å². The van der Waals surface area contributed by atoms with Gasteiger partial charge in [-0.15, -0.1) is 0 Å². The molecule has 0 saturated carbocycles. The fourth-order valence-electron chi connectivity index (χ4n) is 5.57. The van der Waals surface area contributed by atoms with Crippen molar-refractivity contribution in [1.29, 1.82) is 0 Å². The van der Waals surface area contributed by atoms with E-state index in [9.17, 15) is 13.2 Å². The van der Waals surface area contributed by atoms with Crippen molar-refractivity contribution in [3.8, 4) is 28.0 Å². The van der Waals surface area contributed by atoms with Crippen LogP contribution in [0.5, 0.6) is 5.75 Å². The number of hydrogen-bond acceptors (Lipinski definition) is 3. The Morgan fingerprint density at radius 2 is 1.49 bits per heavy atom. The molecular formula is C28H26F3NO3. The van der Waals surface area contributed by atoms with Crippen LogP contribution in [0.15, 0.2) is 72.8 Å². The molecule has 1 atom stereocenters. The van der Waals surface area contributed by atoms with E-state index in [2.05, 4.69) is 77.7 Å². The molecule has 1 N–H and O–H groups in total. The fourth-order valence-corrected chi connectivity index (χ4v) is 5.57. The molecule has 3 aromatic rings. The van der Waals surface area contributed by atoms with Gasteiger partial charge in [0.15, 0.2) is 0 Å². The molecule has 1 unspecified atom stereocenters. The summed E-state index contributed by atoms with van der Waals surface area (Å²) in [6.07, 6.45) is -1.48. The Balaban J connectivity index is 0.000000320. The molecule has 2 bridgehead atoms. The van der Waals surface area contributed by atoms with Crippen LogP contribution in [0.4, 0.5) is 13.2 Å². The molecule has 0 aromatic heterocycles. The first-order valence-corrected chi connectivity index (χ1v) is 11.7. The highest BCUT2D eigenvalue weighted by molar-refractivity contribution is 5.80. The summed E-state index contributed by atoms with van der Waals surface area (Å²) < 4.78 is 38.6. The smallest absolute Gasteiger partial charge is 0.484 e. The predicted octanol–water partition coefficient (Wildman–Crippen LogP) is 6.05. The molecule has 7 rings (SSSR count).